The van der Waals surface area contributed by atoms with Crippen LogP contribution in [0.5, 0.6) is 0 Å². The number of hydrogen-bond donors (Lipinski definition) is 1. The normalized spacial score (nSPS) is 11.7. The van der Waals surface area contributed by atoms with Crippen LogP contribution in [0.4, 0.5) is 10.1 Å². The molecule has 0 saturated carbocycles. The third-order valence-corrected chi connectivity index (χ3v) is 7.29. The summed E-state index contributed by atoms with van der Waals surface area (Å²) in [6.07, 6.45) is 3.41. The summed E-state index contributed by atoms with van der Waals surface area (Å²) < 4.78 is 22.7. The van der Waals surface area contributed by atoms with Crippen molar-refractivity contribution in [1.29, 1.82) is 0 Å². The van der Waals surface area contributed by atoms with Crippen LogP contribution in [0.1, 0.15) is 13.8 Å². The summed E-state index contributed by atoms with van der Waals surface area (Å²) in [5.74, 6) is -0.0333. The Morgan fingerprint density at radius 1 is 0.925 bits per heavy atom. The zero-order valence-electron chi connectivity index (χ0n) is 22.8. The van der Waals surface area contributed by atoms with E-state index in [-0.39, 0.29) is 17.5 Å². The van der Waals surface area contributed by atoms with Crippen molar-refractivity contribution >= 4 is 33.7 Å². The minimum absolute atomic E-state index is 0.0812. The van der Waals surface area contributed by atoms with Crippen molar-refractivity contribution in [2.75, 3.05) is 5.32 Å². The number of halogens is 1. The number of aromatic nitrogens is 6. The summed E-state index contributed by atoms with van der Waals surface area (Å²) in [7, 11) is 5.34. The molecule has 1 N–H and O–H groups in total. The van der Waals surface area contributed by atoms with Gasteiger partial charge >= 0.3 is 5.69 Å². The average molecular weight is 538 g/mol. The molecule has 10 heteroatoms. The number of carbonyl (C=O) groups is 1. The van der Waals surface area contributed by atoms with Gasteiger partial charge in [-0.05, 0) is 42.0 Å². The molecule has 3 aromatic heterocycles. The van der Waals surface area contributed by atoms with Gasteiger partial charge in [-0.3, -0.25) is 18.5 Å². The number of anilines is 1. The van der Waals surface area contributed by atoms with Gasteiger partial charge in [-0.15, -0.1) is 0 Å². The first-order chi connectivity index (χ1) is 19.1. The summed E-state index contributed by atoms with van der Waals surface area (Å²) in [5, 5.41) is 2.86. The number of nitrogens with zero attached hydrogens (tertiary/aromatic N) is 6. The number of benzene rings is 3. The lowest BCUT2D eigenvalue weighted by atomic mass is 10.0. The highest BCUT2D eigenvalue weighted by Gasteiger charge is 2.21. The summed E-state index contributed by atoms with van der Waals surface area (Å²) in [5.41, 5.74) is 5.82. The maximum Gasteiger partial charge on any atom is 0.328 e. The lowest BCUT2D eigenvalue weighted by Crippen LogP contribution is -2.19. The molecule has 0 spiro atoms. The van der Waals surface area contributed by atoms with Crippen molar-refractivity contribution in [1.82, 2.24) is 28.2 Å². The van der Waals surface area contributed by atoms with Crippen LogP contribution >= 0.6 is 0 Å². The van der Waals surface area contributed by atoms with Crippen molar-refractivity contribution < 1.29 is 9.18 Å². The van der Waals surface area contributed by atoms with Crippen LogP contribution in [0, 0.1) is 11.7 Å². The second-order valence-corrected chi connectivity index (χ2v) is 10.3. The van der Waals surface area contributed by atoms with E-state index >= 15 is 4.39 Å². The van der Waals surface area contributed by atoms with Crippen molar-refractivity contribution in [3.8, 4) is 28.3 Å². The molecule has 6 rings (SSSR count). The Labute approximate surface area is 229 Å². The lowest BCUT2D eigenvalue weighted by Gasteiger charge is -2.11. The third-order valence-electron chi connectivity index (χ3n) is 7.29. The van der Waals surface area contributed by atoms with Crippen LogP contribution in [0.2, 0.25) is 0 Å². The first-order valence-electron chi connectivity index (χ1n) is 12.9. The van der Waals surface area contributed by atoms with E-state index in [0.717, 1.165) is 22.4 Å². The standard InChI is InChI=1S/C30H28FN7O2/c1-17(2)29(39)33-19-8-6-18(7-9-19)21-13-23-25(14-22(21)31)38(28(34-23)27-15-32-16-35(27)3)20-10-11-24-26(12-20)37(5)30(40)36(24)4/h6-17H,1-5H3,(H,33,39). The maximum absolute atomic E-state index is 15.7. The first kappa shape index (κ1) is 25.3. The Morgan fingerprint density at radius 2 is 1.65 bits per heavy atom. The Morgan fingerprint density at radius 3 is 2.33 bits per heavy atom. The van der Waals surface area contributed by atoms with E-state index < -0.39 is 5.82 Å². The molecule has 202 valence electrons. The molecule has 40 heavy (non-hydrogen) atoms. The maximum atomic E-state index is 15.7. The molecule has 9 nitrogen and oxygen atoms in total. The largest absolute Gasteiger partial charge is 0.331 e. The van der Waals surface area contributed by atoms with Gasteiger partial charge in [-0.25, -0.2) is 19.2 Å². The molecule has 0 unspecified atom stereocenters. The molecule has 0 aliphatic carbocycles. The first-order valence-corrected chi connectivity index (χ1v) is 12.9. The smallest absolute Gasteiger partial charge is 0.328 e. The molecule has 1 amide bonds. The summed E-state index contributed by atoms with van der Waals surface area (Å²) in [6, 6.07) is 16.0. The molecular weight excluding hydrogens is 509 g/mol. The third kappa shape index (κ3) is 4.00. The zero-order chi connectivity index (χ0) is 28.3. The van der Waals surface area contributed by atoms with Gasteiger partial charge < -0.3 is 9.88 Å². The number of carbonyl (C=O) groups excluding carboxylic acids is 1. The molecule has 0 radical (unpaired) electrons. The number of hydrogen-bond acceptors (Lipinski definition) is 4. The van der Waals surface area contributed by atoms with Crippen molar-refractivity contribution in [3.63, 3.8) is 0 Å². The molecular formula is C30H28FN7O2. The van der Waals surface area contributed by atoms with E-state index in [4.69, 9.17) is 4.98 Å². The quantitative estimate of drug-likeness (QED) is 0.334. The Balaban J connectivity index is 1.52. The molecule has 0 aliphatic rings. The van der Waals surface area contributed by atoms with E-state index in [1.807, 2.05) is 48.2 Å². The lowest BCUT2D eigenvalue weighted by molar-refractivity contribution is -0.118. The minimum atomic E-state index is -0.405. The van der Waals surface area contributed by atoms with E-state index in [1.54, 1.807) is 66.1 Å². The Bertz CT molecular complexity index is 1990. The van der Waals surface area contributed by atoms with Crippen LogP contribution in [-0.4, -0.2) is 34.1 Å². The number of imidazole rings is 3. The number of rotatable bonds is 5. The monoisotopic (exact) mass is 537 g/mol. The van der Waals surface area contributed by atoms with E-state index in [1.165, 1.54) is 6.07 Å². The molecule has 0 bridgehead atoms. The number of aryl methyl sites for hydroxylation is 3. The van der Waals surface area contributed by atoms with Gasteiger partial charge in [0.2, 0.25) is 5.91 Å². The molecule has 3 aromatic carbocycles. The number of fused-ring (bicyclic) bond motifs is 2. The zero-order valence-corrected chi connectivity index (χ0v) is 22.8. The van der Waals surface area contributed by atoms with Crippen molar-refractivity contribution in [2.24, 2.45) is 27.1 Å². The van der Waals surface area contributed by atoms with Gasteiger partial charge in [0.15, 0.2) is 5.82 Å². The fourth-order valence-electron chi connectivity index (χ4n) is 4.98. The summed E-state index contributed by atoms with van der Waals surface area (Å²) in [4.78, 5) is 33.8. The van der Waals surface area contributed by atoms with E-state index in [2.05, 4.69) is 10.3 Å². The van der Waals surface area contributed by atoms with Gasteiger partial charge in [-0.1, -0.05) is 26.0 Å². The fourth-order valence-corrected chi connectivity index (χ4v) is 4.98. The van der Waals surface area contributed by atoms with E-state index in [0.29, 0.717) is 33.7 Å². The fraction of sp³-hybridized carbons (Fsp3) is 0.200. The SMILES string of the molecule is CC(C)C(=O)Nc1ccc(-c2cc3nc(-c4cncn4C)n(-c4ccc5c(c4)n(C)c(=O)n5C)c3cc2F)cc1. The predicted molar refractivity (Wildman–Crippen MR) is 154 cm³/mol. The highest BCUT2D eigenvalue weighted by molar-refractivity contribution is 5.93. The summed E-state index contributed by atoms with van der Waals surface area (Å²) >= 11 is 0. The van der Waals surface area contributed by atoms with Gasteiger partial charge in [0, 0.05) is 50.1 Å². The second-order valence-electron chi connectivity index (χ2n) is 10.3. The Hall–Kier alpha value is -4.99. The highest BCUT2D eigenvalue weighted by atomic mass is 19.1. The molecule has 0 fully saturated rings. The van der Waals surface area contributed by atoms with Crippen LogP contribution < -0.4 is 11.0 Å². The molecule has 3 heterocycles. The summed E-state index contributed by atoms with van der Waals surface area (Å²) in [6.45, 7) is 3.65. The van der Waals surface area contributed by atoms with Crippen LogP contribution in [-0.2, 0) is 25.9 Å². The average Bonchev–Trinajstić information content (AvgIpc) is 3.59. The van der Waals surface area contributed by atoms with Gasteiger partial charge in [0.25, 0.3) is 0 Å². The van der Waals surface area contributed by atoms with Gasteiger partial charge in [0.1, 0.15) is 11.5 Å². The molecule has 0 saturated heterocycles. The minimum Gasteiger partial charge on any atom is -0.331 e. The van der Waals surface area contributed by atoms with Gasteiger partial charge in [0.05, 0.1) is 34.6 Å². The highest BCUT2D eigenvalue weighted by Crippen LogP contribution is 2.34. The van der Waals surface area contributed by atoms with Gasteiger partial charge in [-0.2, -0.15) is 0 Å². The van der Waals surface area contributed by atoms with Crippen LogP contribution in [0.25, 0.3) is 50.4 Å². The van der Waals surface area contributed by atoms with Crippen LogP contribution in [0.3, 0.4) is 0 Å². The van der Waals surface area contributed by atoms with Crippen molar-refractivity contribution in [3.05, 3.63) is 83.4 Å². The predicted octanol–water partition coefficient (Wildman–Crippen LogP) is 5.02. The Kier molecular flexibility index (Phi) is 5.90. The van der Waals surface area contributed by atoms with Crippen LogP contribution in [0.15, 0.2) is 71.9 Å². The topological polar surface area (TPSA) is 91.7 Å². The molecule has 0 aliphatic heterocycles. The number of amides is 1. The second kappa shape index (κ2) is 9.33. The van der Waals surface area contributed by atoms with E-state index in [9.17, 15) is 9.59 Å². The number of nitrogens with one attached hydrogen (secondary N) is 1. The van der Waals surface area contributed by atoms with Crippen molar-refractivity contribution in [2.45, 2.75) is 13.8 Å². The molecule has 0 atom stereocenters. The molecule has 6 aromatic rings.